The van der Waals surface area contributed by atoms with E-state index in [0.717, 1.165) is 5.56 Å². The fourth-order valence-corrected chi connectivity index (χ4v) is 3.30. The Kier molecular flexibility index (Phi) is 5.94. The normalized spacial score (nSPS) is 11.0. The number of carboxylic acid groups (broad SMARTS) is 1. The topological polar surface area (TPSA) is 81.4 Å². The van der Waals surface area contributed by atoms with Crippen LogP contribution in [0.25, 0.3) is 28.7 Å². The molecule has 0 saturated carbocycles. The van der Waals surface area contributed by atoms with Crippen molar-refractivity contribution in [2.24, 2.45) is 0 Å². The second-order valence-electron chi connectivity index (χ2n) is 6.99. The summed E-state index contributed by atoms with van der Waals surface area (Å²) in [6, 6.07) is 21.0. The summed E-state index contributed by atoms with van der Waals surface area (Å²) in [5.74, 6) is -0.168. The van der Waals surface area contributed by atoms with Crippen LogP contribution in [0.2, 0.25) is 0 Å². The van der Waals surface area contributed by atoms with Gasteiger partial charge >= 0.3 is 5.97 Å². The molecule has 1 heterocycles. The zero-order valence-corrected chi connectivity index (χ0v) is 17.1. The minimum atomic E-state index is -1.07. The molecule has 0 aliphatic carbocycles. The van der Waals surface area contributed by atoms with Crippen molar-refractivity contribution in [2.75, 3.05) is 6.61 Å². The predicted octanol–water partition coefficient (Wildman–Crippen LogP) is 4.82. The molecule has 1 aromatic heterocycles. The number of hydrogen-bond acceptors (Lipinski definition) is 4. The molecule has 0 atom stereocenters. The number of carboxylic acids is 1. The van der Waals surface area contributed by atoms with Gasteiger partial charge in [0, 0.05) is 0 Å². The van der Waals surface area contributed by atoms with Gasteiger partial charge in [0.25, 0.3) is 5.56 Å². The van der Waals surface area contributed by atoms with Crippen LogP contribution < -0.4 is 10.3 Å². The van der Waals surface area contributed by atoms with E-state index in [-0.39, 0.29) is 11.1 Å². The standard InChI is InChI=1S/C26H20N2O4/c1-2-15-32-21-12-13-23-22(17-21)25(29)28(20-10-6-9-19(16-20)26(30)31)24(27-23)14-11-18-7-4-3-5-8-18/h2-14,16-17H,1,15H2,(H,30,31)/b14-11+. The maximum absolute atomic E-state index is 13.5. The first-order valence-electron chi connectivity index (χ1n) is 9.94. The van der Waals surface area contributed by atoms with E-state index in [0.29, 0.717) is 34.8 Å². The summed E-state index contributed by atoms with van der Waals surface area (Å²) in [5.41, 5.74) is 1.62. The van der Waals surface area contributed by atoms with Crippen molar-refractivity contribution in [2.45, 2.75) is 0 Å². The molecule has 0 aliphatic heterocycles. The SMILES string of the molecule is C=CCOc1ccc2nc(/C=C/c3ccccc3)n(-c3cccc(C(=O)O)c3)c(=O)c2c1. The molecule has 0 saturated heterocycles. The number of benzene rings is 3. The molecular weight excluding hydrogens is 404 g/mol. The van der Waals surface area contributed by atoms with E-state index in [4.69, 9.17) is 4.74 Å². The largest absolute Gasteiger partial charge is 0.490 e. The molecular formula is C26H20N2O4. The molecule has 3 aromatic carbocycles. The number of fused-ring (bicyclic) bond motifs is 1. The number of carbonyl (C=O) groups is 1. The quantitative estimate of drug-likeness (QED) is 0.430. The molecule has 0 amide bonds. The van der Waals surface area contributed by atoms with Crippen molar-refractivity contribution in [1.29, 1.82) is 0 Å². The van der Waals surface area contributed by atoms with Crippen LogP contribution in [0, 0.1) is 0 Å². The number of hydrogen-bond donors (Lipinski definition) is 1. The lowest BCUT2D eigenvalue weighted by molar-refractivity contribution is 0.0697. The zero-order valence-electron chi connectivity index (χ0n) is 17.1. The third-order valence-electron chi connectivity index (χ3n) is 4.81. The first-order valence-corrected chi connectivity index (χ1v) is 9.94. The van der Waals surface area contributed by atoms with E-state index in [1.54, 1.807) is 42.5 Å². The Morgan fingerprint density at radius 3 is 2.59 bits per heavy atom. The molecule has 6 nitrogen and oxygen atoms in total. The molecule has 1 N–H and O–H groups in total. The van der Waals surface area contributed by atoms with Gasteiger partial charge in [0.1, 0.15) is 18.2 Å². The van der Waals surface area contributed by atoms with E-state index in [1.807, 2.05) is 36.4 Å². The minimum Gasteiger partial charge on any atom is -0.490 e. The van der Waals surface area contributed by atoms with Crippen LogP contribution in [0.5, 0.6) is 5.75 Å². The van der Waals surface area contributed by atoms with Gasteiger partial charge in [-0.05, 0) is 48.0 Å². The third kappa shape index (κ3) is 4.34. The summed E-state index contributed by atoms with van der Waals surface area (Å²) < 4.78 is 6.97. The van der Waals surface area contributed by atoms with Crippen molar-refractivity contribution in [3.8, 4) is 11.4 Å². The van der Waals surface area contributed by atoms with Gasteiger partial charge in [-0.25, -0.2) is 9.78 Å². The van der Waals surface area contributed by atoms with Crippen LogP contribution in [-0.4, -0.2) is 27.2 Å². The van der Waals surface area contributed by atoms with E-state index in [9.17, 15) is 14.7 Å². The minimum absolute atomic E-state index is 0.0792. The van der Waals surface area contributed by atoms with Crippen LogP contribution in [0.1, 0.15) is 21.7 Å². The van der Waals surface area contributed by atoms with Crippen molar-refractivity contribution in [3.63, 3.8) is 0 Å². The predicted molar refractivity (Wildman–Crippen MR) is 125 cm³/mol. The monoisotopic (exact) mass is 424 g/mol. The van der Waals surface area contributed by atoms with Crippen LogP contribution in [-0.2, 0) is 0 Å². The fourth-order valence-electron chi connectivity index (χ4n) is 3.30. The van der Waals surface area contributed by atoms with Gasteiger partial charge in [-0.3, -0.25) is 9.36 Å². The highest BCUT2D eigenvalue weighted by Gasteiger charge is 2.14. The summed E-state index contributed by atoms with van der Waals surface area (Å²) in [7, 11) is 0. The van der Waals surface area contributed by atoms with Gasteiger partial charge < -0.3 is 9.84 Å². The summed E-state index contributed by atoms with van der Waals surface area (Å²) in [6.07, 6.45) is 5.22. The van der Waals surface area contributed by atoms with E-state index in [2.05, 4.69) is 11.6 Å². The van der Waals surface area contributed by atoms with Gasteiger partial charge in [0.05, 0.1) is 22.2 Å². The van der Waals surface area contributed by atoms with Gasteiger partial charge in [0.15, 0.2) is 0 Å². The van der Waals surface area contributed by atoms with E-state index >= 15 is 0 Å². The molecule has 0 radical (unpaired) electrons. The van der Waals surface area contributed by atoms with Gasteiger partial charge in [-0.15, -0.1) is 0 Å². The maximum atomic E-state index is 13.5. The average molecular weight is 424 g/mol. The van der Waals surface area contributed by atoms with Crippen molar-refractivity contribution >= 4 is 29.0 Å². The Labute approximate surface area is 184 Å². The van der Waals surface area contributed by atoms with E-state index < -0.39 is 5.97 Å². The van der Waals surface area contributed by atoms with Crippen molar-refractivity contribution in [3.05, 3.63) is 113 Å². The summed E-state index contributed by atoms with van der Waals surface area (Å²) in [4.78, 5) is 29.7. The Morgan fingerprint density at radius 2 is 1.84 bits per heavy atom. The van der Waals surface area contributed by atoms with Crippen LogP contribution >= 0.6 is 0 Å². The number of ether oxygens (including phenoxy) is 1. The smallest absolute Gasteiger partial charge is 0.335 e. The highest BCUT2D eigenvalue weighted by Crippen LogP contribution is 2.20. The third-order valence-corrected chi connectivity index (χ3v) is 4.81. The zero-order chi connectivity index (χ0) is 22.5. The number of aromatic carboxylic acids is 1. The number of aromatic nitrogens is 2. The maximum Gasteiger partial charge on any atom is 0.335 e. The Morgan fingerprint density at radius 1 is 1.03 bits per heavy atom. The molecule has 32 heavy (non-hydrogen) atoms. The molecule has 158 valence electrons. The lowest BCUT2D eigenvalue weighted by Gasteiger charge is -2.13. The molecule has 4 aromatic rings. The lowest BCUT2D eigenvalue weighted by atomic mass is 10.1. The van der Waals surface area contributed by atoms with Crippen molar-refractivity contribution in [1.82, 2.24) is 9.55 Å². The summed E-state index contributed by atoms with van der Waals surface area (Å²) >= 11 is 0. The Balaban J connectivity index is 1.94. The molecule has 4 rings (SSSR count). The number of rotatable bonds is 7. The summed E-state index contributed by atoms with van der Waals surface area (Å²) in [6.45, 7) is 3.94. The van der Waals surface area contributed by atoms with Gasteiger partial charge in [0.2, 0.25) is 0 Å². The molecule has 6 heteroatoms. The van der Waals surface area contributed by atoms with Gasteiger partial charge in [-0.1, -0.05) is 55.1 Å². The van der Waals surface area contributed by atoms with Crippen LogP contribution in [0.3, 0.4) is 0 Å². The second-order valence-corrected chi connectivity index (χ2v) is 6.99. The molecule has 0 bridgehead atoms. The highest BCUT2D eigenvalue weighted by molar-refractivity contribution is 5.88. The molecule has 0 spiro atoms. The van der Waals surface area contributed by atoms with Crippen LogP contribution in [0.15, 0.2) is 90.2 Å². The Hall–Kier alpha value is -4.45. The summed E-state index contributed by atoms with van der Waals surface area (Å²) in [5, 5.41) is 9.76. The molecule has 0 aliphatic rings. The molecule has 0 unspecified atom stereocenters. The first-order chi connectivity index (χ1) is 15.6. The van der Waals surface area contributed by atoms with Crippen molar-refractivity contribution < 1.29 is 14.6 Å². The van der Waals surface area contributed by atoms with Gasteiger partial charge in [-0.2, -0.15) is 0 Å². The fraction of sp³-hybridized carbons (Fsp3) is 0.0385. The molecule has 0 fully saturated rings. The van der Waals surface area contributed by atoms with Crippen LogP contribution in [0.4, 0.5) is 0 Å². The Bertz CT molecular complexity index is 1390. The van der Waals surface area contributed by atoms with E-state index in [1.165, 1.54) is 16.7 Å². The lowest BCUT2D eigenvalue weighted by Crippen LogP contribution is -2.22. The first kappa shape index (κ1) is 20.8. The second kappa shape index (κ2) is 9.14. The highest BCUT2D eigenvalue weighted by atomic mass is 16.5. The number of nitrogens with zero attached hydrogens (tertiary/aromatic N) is 2. The average Bonchev–Trinajstić information content (AvgIpc) is 2.82.